The van der Waals surface area contributed by atoms with Gasteiger partial charge in [-0.15, -0.1) is 0 Å². The number of furan rings is 1. The van der Waals surface area contributed by atoms with Crippen molar-refractivity contribution in [3.8, 4) is 0 Å². The second-order valence-corrected chi connectivity index (χ2v) is 7.15. The molecular weight excluding hydrogens is 408 g/mol. The number of hydrogen-bond acceptors (Lipinski definition) is 3. The van der Waals surface area contributed by atoms with Crippen LogP contribution in [0.15, 0.2) is 69.8 Å². The Kier molecular flexibility index (Phi) is 4.81. The van der Waals surface area contributed by atoms with Crippen molar-refractivity contribution >= 4 is 39.1 Å². The first-order chi connectivity index (χ1) is 13.1. The topological polar surface area (TPSA) is 62.6 Å². The van der Waals surface area contributed by atoms with E-state index >= 15 is 0 Å². The van der Waals surface area contributed by atoms with Crippen molar-refractivity contribution in [3.05, 3.63) is 82.2 Å². The molecule has 0 aliphatic carbocycles. The number of amides is 2. The van der Waals surface area contributed by atoms with Crippen LogP contribution >= 0.6 is 15.9 Å². The molecule has 4 rings (SSSR count). The van der Waals surface area contributed by atoms with Crippen molar-refractivity contribution < 1.29 is 14.0 Å². The molecule has 0 fully saturated rings. The molecule has 1 aliphatic heterocycles. The molecule has 1 aliphatic rings. The van der Waals surface area contributed by atoms with Crippen LogP contribution in [0.25, 0.3) is 0 Å². The van der Waals surface area contributed by atoms with Gasteiger partial charge in [0.05, 0.1) is 6.54 Å². The Morgan fingerprint density at radius 1 is 1.07 bits per heavy atom. The third kappa shape index (κ3) is 3.80. The lowest BCUT2D eigenvalue weighted by molar-refractivity contribution is -0.119. The minimum atomic E-state index is -0.311. The molecule has 6 heteroatoms. The maximum Gasteiger partial charge on any atom is 0.291 e. The summed E-state index contributed by atoms with van der Waals surface area (Å²) in [5.41, 5.74) is 3.71. The molecule has 3 aromatic rings. The molecule has 27 heavy (non-hydrogen) atoms. The molecule has 0 radical (unpaired) electrons. The lowest BCUT2D eigenvalue weighted by atomic mass is 9.99. The highest BCUT2D eigenvalue weighted by Crippen LogP contribution is 2.31. The third-order valence-corrected chi connectivity index (χ3v) is 4.94. The van der Waals surface area contributed by atoms with Gasteiger partial charge in [0.2, 0.25) is 5.91 Å². The first kappa shape index (κ1) is 17.5. The van der Waals surface area contributed by atoms with E-state index in [1.165, 1.54) is 0 Å². The molecule has 1 N–H and O–H groups in total. The zero-order valence-corrected chi connectivity index (χ0v) is 16.0. The number of carbonyl (C=O) groups excluding carboxylic acids is 2. The fourth-order valence-corrected chi connectivity index (χ4v) is 3.51. The number of anilines is 2. The van der Waals surface area contributed by atoms with Crippen LogP contribution in [0.2, 0.25) is 0 Å². The summed E-state index contributed by atoms with van der Waals surface area (Å²) in [5.74, 6) is 0.0396. The molecule has 0 unspecified atom stereocenters. The normalized spacial score (nSPS) is 13.4. The number of hydrogen-bond donors (Lipinski definition) is 1. The van der Waals surface area contributed by atoms with Gasteiger partial charge in [0, 0.05) is 17.8 Å². The highest BCUT2D eigenvalue weighted by Gasteiger charge is 2.24. The number of rotatable bonds is 4. The Morgan fingerprint density at radius 2 is 1.89 bits per heavy atom. The number of fused-ring (bicyclic) bond motifs is 1. The van der Waals surface area contributed by atoms with Crippen LogP contribution in [-0.2, 0) is 17.8 Å². The van der Waals surface area contributed by atoms with Crippen molar-refractivity contribution in [3.63, 3.8) is 0 Å². The van der Waals surface area contributed by atoms with Gasteiger partial charge in [-0.25, -0.2) is 0 Å². The van der Waals surface area contributed by atoms with Crippen molar-refractivity contribution in [2.24, 2.45) is 0 Å². The minimum absolute atomic E-state index is 0.114. The molecule has 0 spiro atoms. The van der Waals surface area contributed by atoms with E-state index in [1.807, 2.05) is 53.4 Å². The lowest BCUT2D eigenvalue weighted by Gasteiger charge is -2.30. The van der Waals surface area contributed by atoms with Gasteiger partial charge in [-0.2, -0.15) is 0 Å². The van der Waals surface area contributed by atoms with Crippen molar-refractivity contribution in [1.29, 1.82) is 0 Å². The van der Waals surface area contributed by atoms with E-state index < -0.39 is 0 Å². The first-order valence-electron chi connectivity index (χ1n) is 8.64. The van der Waals surface area contributed by atoms with Gasteiger partial charge in [0.15, 0.2) is 10.4 Å². The maximum atomic E-state index is 12.5. The van der Waals surface area contributed by atoms with Gasteiger partial charge >= 0.3 is 0 Å². The van der Waals surface area contributed by atoms with Crippen LogP contribution < -0.4 is 10.2 Å². The Labute approximate surface area is 165 Å². The summed E-state index contributed by atoms with van der Waals surface area (Å²) in [6, 6.07) is 18.8. The summed E-state index contributed by atoms with van der Waals surface area (Å²) in [7, 11) is 0. The highest BCUT2D eigenvalue weighted by atomic mass is 79.9. The number of carbonyl (C=O) groups is 2. The number of halogens is 1. The second kappa shape index (κ2) is 7.40. The number of benzene rings is 2. The van der Waals surface area contributed by atoms with Gasteiger partial charge in [-0.05, 0) is 63.8 Å². The number of nitrogens with one attached hydrogen (secondary N) is 1. The highest BCUT2D eigenvalue weighted by molar-refractivity contribution is 9.10. The largest absolute Gasteiger partial charge is 0.444 e. The van der Waals surface area contributed by atoms with E-state index in [0.29, 0.717) is 29.7 Å². The quantitative estimate of drug-likeness (QED) is 0.655. The zero-order chi connectivity index (χ0) is 18.8. The Hall–Kier alpha value is -2.86. The average Bonchev–Trinajstić information content (AvgIpc) is 3.11. The summed E-state index contributed by atoms with van der Waals surface area (Å²) < 4.78 is 5.79. The van der Waals surface area contributed by atoms with Crippen LogP contribution in [0, 0.1) is 0 Å². The SMILES string of the molecule is O=C(Nc1ccc2c(c1)CCC(=O)N2Cc1ccccc1)c1ccc(Br)o1. The van der Waals surface area contributed by atoms with Gasteiger partial charge in [0.25, 0.3) is 5.91 Å². The van der Waals surface area contributed by atoms with E-state index in [-0.39, 0.29) is 17.6 Å². The Morgan fingerprint density at radius 3 is 2.63 bits per heavy atom. The van der Waals surface area contributed by atoms with Gasteiger partial charge in [-0.1, -0.05) is 30.3 Å². The fourth-order valence-electron chi connectivity index (χ4n) is 3.21. The van der Waals surface area contributed by atoms with Gasteiger partial charge in [-0.3, -0.25) is 9.59 Å². The fraction of sp³-hybridized carbons (Fsp3) is 0.143. The molecule has 2 amide bonds. The first-order valence-corrected chi connectivity index (χ1v) is 9.43. The van der Waals surface area contributed by atoms with E-state index in [2.05, 4.69) is 21.2 Å². The average molecular weight is 425 g/mol. The molecule has 0 bridgehead atoms. The van der Waals surface area contributed by atoms with E-state index in [0.717, 1.165) is 16.8 Å². The van der Waals surface area contributed by atoms with Crippen molar-refractivity contribution in [2.75, 3.05) is 10.2 Å². The van der Waals surface area contributed by atoms with E-state index in [9.17, 15) is 9.59 Å². The van der Waals surface area contributed by atoms with E-state index in [4.69, 9.17) is 4.42 Å². The zero-order valence-electron chi connectivity index (χ0n) is 14.4. The monoisotopic (exact) mass is 424 g/mol. The van der Waals surface area contributed by atoms with E-state index in [1.54, 1.807) is 12.1 Å². The minimum Gasteiger partial charge on any atom is -0.444 e. The third-order valence-electron chi connectivity index (χ3n) is 4.52. The predicted octanol–water partition coefficient (Wildman–Crippen LogP) is 4.77. The molecule has 2 aromatic carbocycles. The molecule has 0 atom stereocenters. The number of nitrogens with zero attached hydrogens (tertiary/aromatic N) is 1. The lowest BCUT2D eigenvalue weighted by Crippen LogP contribution is -2.34. The molecule has 0 saturated carbocycles. The molecule has 1 aromatic heterocycles. The van der Waals surface area contributed by atoms with Gasteiger partial charge < -0.3 is 14.6 Å². The molecule has 136 valence electrons. The Bertz CT molecular complexity index is 998. The standard InChI is InChI=1S/C21H17BrN2O3/c22-19-10-9-18(27-19)21(26)23-16-7-8-17-15(12-16)6-11-20(25)24(17)13-14-4-2-1-3-5-14/h1-5,7-10,12H,6,11,13H2,(H,23,26). The van der Waals surface area contributed by atoms with Crippen LogP contribution in [-0.4, -0.2) is 11.8 Å². The molecule has 0 saturated heterocycles. The van der Waals surface area contributed by atoms with Crippen LogP contribution in [0.1, 0.15) is 28.1 Å². The summed E-state index contributed by atoms with van der Waals surface area (Å²) in [5, 5.41) is 2.84. The Balaban J connectivity index is 1.56. The smallest absolute Gasteiger partial charge is 0.291 e. The molecule has 2 heterocycles. The van der Waals surface area contributed by atoms with Crippen LogP contribution in [0.5, 0.6) is 0 Å². The molecular formula is C21H17BrN2O3. The summed E-state index contributed by atoms with van der Waals surface area (Å²) >= 11 is 3.19. The van der Waals surface area contributed by atoms with Gasteiger partial charge in [0.1, 0.15) is 0 Å². The maximum absolute atomic E-state index is 12.5. The number of aryl methyl sites for hydroxylation is 1. The second-order valence-electron chi connectivity index (χ2n) is 6.37. The summed E-state index contributed by atoms with van der Waals surface area (Å²) in [6.45, 7) is 0.540. The van der Waals surface area contributed by atoms with Crippen molar-refractivity contribution in [2.45, 2.75) is 19.4 Å². The summed E-state index contributed by atoms with van der Waals surface area (Å²) in [6.07, 6.45) is 1.12. The van der Waals surface area contributed by atoms with Crippen LogP contribution in [0.3, 0.4) is 0 Å². The summed E-state index contributed by atoms with van der Waals surface area (Å²) in [4.78, 5) is 26.5. The molecule has 5 nitrogen and oxygen atoms in total. The van der Waals surface area contributed by atoms with Crippen molar-refractivity contribution in [1.82, 2.24) is 0 Å². The predicted molar refractivity (Wildman–Crippen MR) is 107 cm³/mol. The van der Waals surface area contributed by atoms with Crippen LogP contribution in [0.4, 0.5) is 11.4 Å².